The van der Waals surface area contributed by atoms with Gasteiger partial charge in [-0.3, -0.25) is 0 Å². The second-order valence-electron chi connectivity index (χ2n) is 14.1. The molecular weight excluding hydrogens is 592 g/mol. The lowest BCUT2D eigenvalue weighted by Gasteiger charge is -2.18. The molecule has 4 nitrogen and oxygen atoms in total. The SMILES string of the molecule is OCCCCCCCCCCCCCCCOc1c2ccccc2c(OCCCCCCCCCCCCCCCO)c2ccccc12. The van der Waals surface area contributed by atoms with Gasteiger partial charge in [-0.25, -0.2) is 0 Å². The zero-order valence-electron chi connectivity index (χ0n) is 30.5. The van der Waals surface area contributed by atoms with Crippen LogP contribution in [0, 0.1) is 0 Å². The van der Waals surface area contributed by atoms with Gasteiger partial charge in [0, 0.05) is 34.8 Å². The Balaban J connectivity index is 1.32. The summed E-state index contributed by atoms with van der Waals surface area (Å²) in [6, 6.07) is 17.2. The predicted molar refractivity (Wildman–Crippen MR) is 207 cm³/mol. The molecule has 0 aliphatic heterocycles. The summed E-state index contributed by atoms with van der Waals surface area (Å²) in [6.45, 7) is 2.21. The molecule has 0 unspecified atom stereocenters. The summed E-state index contributed by atoms with van der Waals surface area (Å²) in [7, 11) is 0. The number of ether oxygens (including phenoxy) is 2. The maximum atomic E-state index is 8.87. The Morgan fingerprint density at radius 2 is 0.500 bits per heavy atom. The third-order valence-electron chi connectivity index (χ3n) is 9.93. The molecule has 3 aromatic rings. The van der Waals surface area contributed by atoms with Crippen LogP contribution in [0.5, 0.6) is 11.5 Å². The maximum Gasteiger partial charge on any atom is 0.135 e. The van der Waals surface area contributed by atoms with Crippen LogP contribution in [-0.4, -0.2) is 36.6 Å². The molecule has 0 amide bonds. The van der Waals surface area contributed by atoms with E-state index in [4.69, 9.17) is 19.7 Å². The fourth-order valence-electron chi connectivity index (χ4n) is 7.02. The van der Waals surface area contributed by atoms with Crippen molar-refractivity contribution >= 4 is 21.5 Å². The quantitative estimate of drug-likeness (QED) is 0.0516. The van der Waals surface area contributed by atoms with Crippen molar-refractivity contribution in [3.05, 3.63) is 48.5 Å². The van der Waals surface area contributed by atoms with E-state index < -0.39 is 0 Å². The van der Waals surface area contributed by atoms with Crippen molar-refractivity contribution in [3.8, 4) is 11.5 Å². The zero-order chi connectivity index (χ0) is 33.7. The van der Waals surface area contributed by atoms with Crippen molar-refractivity contribution in [2.75, 3.05) is 26.4 Å². The molecule has 0 aliphatic carbocycles. The number of aliphatic hydroxyl groups excluding tert-OH is 2. The first-order chi connectivity index (χ1) is 23.9. The highest BCUT2D eigenvalue weighted by molar-refractivity contribution is 6.11. The molecular formula is C44H70O4. The number of hydrogen-bond donors (Lipinski definition) is 2. The Kier molecular flexibility index (Phi) is 23.0. The van der Waals surface area contributed by atoms with E-state index >= 15 is 0 Å². The topological polar surface area (TPSA) is 58.9 Å². The highest BCUT2D eigenvalue weighted by atomic mass is 16.5. The number of unbranched alkanes of at least 4 members (excludes halogenated alkanes) is 24. The Labute approximate surface area is 294 Å². The first-order valence-corrected chi connectivity index (χ1v) is 20.3. The molecule has 0 atom stereocenters. The standard InChI is InChI=1S/C44H70O4/c45-35-27-19-15-11-7-3-1-5-9-13-17-21-29-37-47-43-39-31-23-25-33-41(39)44(42-34-26-24-32-40(42)43)48-38-30-22-18-14-10-6-2-4-8-12-16-20-28-36-46/h23-26,31-34,45-46H,1-22,27-30,35-38H2. The molecule has 0 heterocycles. The molecule has 4 heteroatoms. The number of aliphatic hydroxyl groups is 2. The van der Waals surface area contributed by atoms with Crippen LogP contribution in [0.1, 0.15) is 167 Å². The molecule has 0 fully saturated rings. The Morgan fingerprint density at radius 1 is 0.292 bits per heavy atom. The minimum atomic E-state index is 0.346. The van der Waals surface area contributed by atoms with Gasteiger partial charge in [0.2, 0.25) is 0 Å². The first-order valence-electron chi connectivity index (χ1n) is 20.3. The minimum absolute atomic E-state index is 0.346. The van der Waals surface area contributed by atoms with Gasteiger partial charge in [-0.15, -0.1) is 0 Å². The summed E-state index contributed by atoms with van der Waals surface area (Å²) in [5, 5.41) is 22.4. The van der Waals surface area contributed by atoms with Crippen LogP contribution in [0.2, 0.25) is 0 Å². The molecule has 0 bridgehead atoms. The summed E-state index contributed by atoms with van der Waals surface area (Å²) in [6.07, 6.45) is 33.1. The molecule has 0 aromatic heterocycles. The maximum absolute atomic E-state index is 8.87. The molecule has 0 radical (unpaired) electrons. The van der Waals surface area contributed by atoms with E-state index in [0.717, 1.165) is 71.9 Å². The van der Waals surface area contributed by atoms with Gasteiger partial charge in [-0.05, 0) is 25.7 Å². The highest BCUT2D eigenvalue weighted by Crippen LogP contribution is 2.42. The van der Waals surface area contributed by atoms with Crippen LogP contribution in [-0.2, 0) is 0 Å². The largest absolute Gasteiger partial charge is 0.492 e. The van der Waals surface area contributed by atoms with Gasteiger partial charge in [0.25, 0.3) is 0 Å². The fourth-order valence-corrected chi connectivity index (χ4v) is 7.02. The van der Waals surface area contributed by atoms with Crippen LogP contribution < -0.4 is 9.47 Å². The molecule has 270 valence electrons. The second kappa shape index (κ2) is 27.5. The van der Waals surface area contributed by atoms with Gasteiger partial charge < -0.3 is 19.7 Å². The van der Waals surface area contributed by atoms with Crippen molar-refractivity contribution < 1.29 is 19.7 Å². The van der Waals surface area contributed by atoms with Crippen LogP contribution >= 0.6 is 0 Å². The molecule has 2 N–H and O–H groups in total. The lowest BCUT2D eigenvalue weighted by molar-refractivity contribution is 0.282. The van der Waals surface area contributed by atoms with Gasteiger partial charge in [0.05, 0.1) is 13.2 Å². The van der Waals surface area contributed by atoms with Gasteiger partial charge in [0.15, 0.2) is 0 Å². The molecule has 0 spiro atoms. The molecule has 3 aromatic carbocycles. The lowest BCUT2D eigenvalue weighted by Crippen LogP contribution is -2.02. The molecule has 3 rings (SSSR count). The van der Waals surface area contributed by atoms with E-state index in [-0.39, 0.29) is 0 Å². The van der Waals surface area contributed by atoms with Crippen molar-refractivity contribution in [2.45, 2.75) is 167 Å². The Morgan fingerprint density at radius 3 is 0.729 bits per heavy atom. The van der Waals surface area contributed by atoms with E-state index in [9.17, 15) is 0 Å². The third kappa shape index (κ3) is 16.4. The average Bonchev–Trinajstić information content (AvgIpc) is 3.12. The lowest BCUT2D eigenvalue weighted by atomic mass is 10.0. The van der Waals surface area contributed by atoms with Gasteiger partial charge in [-0.2, -0.15) is 0 Å². The summed E-state index contributed by atoms with van der Waals surface area (Å²) in [5.41, 5.74) is 0. The van der Waals surface area contributed by atoms with E-state index in [0.29, 0.717) is 13.2 Å². The van der Waals surface area contributed by atoms with Crippen LogP contribution in [0.25, 0.3) is 21.5 Å². The van der Waals surface area contributed by atoms with Crippen LogP contribution in [0.15, 0.2) is 48.5 Å². The predicted octanol–water partition coefficient (Wildman–Crippen LogP) is 12.9. The number of fused-ring (bicyclic) bond motifs is 2. The minimum Gasteiger partial charge on any atom is -0.492 e. The Hall–Kier alpha value is -2.30. The van der Waals surface area contributed by atoms with Crippen molar-refractivity contribution in [2.24, 2.45) is 0 Å². The smallest absolute Gasteiger partial charge is 0.135 e. The van der Waals surface area contributed by atoms with Crippen molar-refractivity contribution in [1.29, 1.82) is 0 Å². The monoisotopic (exact) mass is 663 g/mol. The van der Waals surface area contributed by atoms with Crippen molar-refractivity contribution in [1.82, 2.24) is 0 Å². The van der Waals surface area contributed by atoms with E-state index in [1.807, 2.05) is 0 Å². The summed E-state index contributed by atoms with van der Waals surface area (Å²) >= 11 is 0. The van der Waals surface area contributed by atoms with E-state index in [1.54, 1.807) is 0 Å². The van der Waals surface area contributed by atoms with Gasteiger partial charge >= 0.3 is 0 Å². The average molecular weight is 663 g/mol. The van der Waals surface area contributed by atoms with Gasteiger partial charge in [-0.1, -0.05) is 190 Å². The molecule has 48 heavy (non-hydrogen) atoms. The number of benzene rings is 3. The van der Waals surface area contributed by atoms with E-state index in [1.165, 1.54) is 141 Å². The molecule has 0 saturated carbocycles. The summed E-state index contributed by atoms with van der Waals surface area (Å²) in [4.78, 5) is 0. The van der Waals surface area contributed by atoms with E-state index in [2.05, 4.69) is 48.5 Å². The normalized spacial score (nSPS) is 11.5. The highest BCUT2D eigenvalue weighted by Gasteiger charge is 2.15. The molecule has 0 aliphatic rings. The molecule has 0 saturated heterocycles. The summed E-state index contributed by atoms with van der Waals surface area (Å²) < 4.78 is 13.1. The summed E-state index contributed by atoms with van der Waals surface area (Å²) in [5.74, 6) is 2.01. The number of rotatable bonds is 32. The Bertz CT molecular complexity index is 1040. The van der Waals surface area contributed by atoms with Crippen molar-refractivity contribution in [3.63, 3.8) is 0 Å². The third-order valence-corrected chi connectivity index (χ3v) is 9.93. The fraction of sp³-hybridized carbons (Fsp3) is 0.682. The van der Waals surface area contributed by atoms with Crippen LogP contribution in [0.3, 0.4) is 0 Å². The first kappa shape index (κ1) is 40.1. The van der Waals surface area contributed by atoms with Gasteiger partial charge in [0.1, 0.15) is 11.5 Å². The number of hydrogen-bond acceptors (Lipinski definition) is 4. The van der Waals surface area contributed by atoms with Crippen LogP contribution in [0.4, 0.5) is 0 Å². The second-order valence-corrected chi connectivity index (χ2v) is 14.1. The zero-order valence-corrected chi connectivity index (χ0v) is 30.5.